The number of fused-ring (bicyclic) bond motifs is 2. The van der Waals surface area contributed by atoms with Crippen LogP contribution in [0.2, 0.25) is 0 Å². The van der Waals surface area contributed by atoms with Crippen LogP contribution >= 0.6 is 11.8 Å². The number of unbranched alkanes of at least 4 members (excludes halogenated alkanes) is 2. The maximum Gasteiger partial charge on any atom is 0.315 e. The third-order valence-electron chi connectivity index (χ3n) is 15.3. The van der Waals surface area contributed by atoms with E-state index in [0.717, 1.165) is 23.1 Å². The van der Waals surface area contributed by atoms with Crippen LogP contribution in [0.5, 0.6) is 0 Å². The molecule has 11 amide bonds. The lowest BCUT2D eigenvalue weighted by Gasteiger charge is -2.30. The van der Waals surface area contributed by atoms with Crippen molar-refractivity contribution in [3.05, 3.63) is 90.1 Å². The number of imidazole rings is 1. The van der Waals surface area contributed by atoms with E-state index in [1.165, 1.54) is 17.4 Å². The predicted molar refractivity (Wildman–Crippen MR) is 322 cm³/mol. The molecule has 27 nitrogen and oxygen atoms in total. The molecule has 9 atom stereocenters. The van der Waals surface area contributed by atoms with Gasteiger partial charge in [-0.25, -0.2) is 9.78 Å². The van der Waals surface area contributed by atoms with Gasteiger partial charge in [0.15, 0.2) is 5.96 Å². The predicted octanol–water partition coefficient (Wildman–Crippen LogP) is -0.589. The standard InChI is InChI=1S/C58H81N17O10S/c1-2-3-17-39(67-48(77)21-10-9-20-46-50-45(32-86-46)73-58(85)74-50)51(79)71-43-28-49(78)63-22-11-12-24-75(31-47(59)76)56(84)44(26-35-29-65-38-18-8-7-16-37(35)38)72-52(80)40(19-13-23-64-57(60)61)68-53(81)41(25-34-14-5-4-6-15-34)69-54(82)42(70-55(43)83)27-36-30-62-33-66-36/h4-8,14-16,18,29-30,33,39-46,50,65H,2-3,9-13,17,19-28,31-32H2,1H3,(H2,59,76)(H,62,66)(H,63,78)(H,67,77)(H,68,81)(H,69,82)(H,70,83)(H,71,79)(H,72,80)(H4,60,61,64)(H2,73,74,85)/t39-,40-,41+,42-,43-,44-,45-,46-,50-/m0/s1. The van der Waals surface area contributed by atoms with Crippen molar-refractivity contribution >= 4 is 87.8 Å². The molecule has 3 aliphatic rings. The molecule has 28 heteroatoms. The summed E-state index contributed by atoms with van der Waals surface area (Å²) in [4.78, 5) is 156. The van der Waals surface area contributed by atoms with Crippen LogP contribution in [-0.2, 0) is 62.4 Å². The summed E-state index contributed by atoms with van der Waals surface area (Å²) in [7, 11) is 0. The van der Waals surface area contributed by atoms with Gasteiger partial charge in [0.1, 0.15) is 36.3 Å². The fourth-order valence-corrected chi connectivity index (χ4v) is 12.3. The van der Waals surface area contributed by atoms with Gasteiger partial charge in [0, 0.05) is 85.3 Å². The fourth-order valence-electron chi connectivity index (χ4n) is 10.8. The lowest BCUT2D eigenvalue weighted by Crippen LogP contribution is -2.61. The van der Waals surface area contributed by atoms with Crippen LogP contribution in [0.4, 0.5) is 4.79 Å². The summed E-state index contributed by atoms with van der Waals surface area (Å²) >= 11 is 1.78. The maximum atomic E-state index is 14.9. The number of aliphatic imine (C=N–C) groups is 1. The Kier molecular flexibility index (Phi) is 24.6. The number of para-hydroxylation sites is 1. The molecule has 0 saturated carbocycles. The van der Waals surface area contributed by atoms with Crippen LogP contribution in [0.1, 0.15) is 101 Å². The van der Waals surface area contributed by atoms with E-state index in [4.69, 9.17) is 17.2 Å². The van der Waals surface area contributed by atoms with Crippen molar-refractivity contribution in [1.82, 2.24) is 67.7 Å². The van der Waals surface area contributed by atoms with E-state index in [1.807, 2.05) is 31.2 Å². The van der Waals surface area contributed by atoms with E-state index in [2.05, 4.69) is 67.8 Å². The van der Waals surface area contributed by atoms with Crippen molar-refractivity contribution in [2.75, 3.05) is 31.9 Å². The Morgan fingerprint density at radius 1 is 0.767 bits per heavy atom. The summed E-state index contributed by atoms with van der Waals surface area (Å²) in [5.41, 5.74) is 19.4. The van der Waals surface area contributed by atoms with E-state index >= 15 is 0 Å². The molecule has 2 aromatic heterocycles. The first-order chi connectivity index (χ1) is 41.4. The van der Waals surface area contributed by atoms with E-state index in [9.17, 15) is 47.9 Å². The molecular formula is C58H81N17O10S. The molecule has 0 aliphatic carbocycles. The van der Waals surface area contributed by atoms with Gasteiger partial charge in [0.05, 0.1) is 31.4 Å². The number of carbonyl (C=O) groups excluding carboxylic acids is 10. The molecule has 2 aromatic carbocycles. The minimum atomic E-state index is -1.61. The normalized spacial score (nSPS) is 23.1. The second-order valence-corrected chi connectivity index (χ2v) is 23.2. The first-order valence-electron chi connectivity index (χ1n) is 29.4. The highest BCUT2D eigenvalue weighted by Gasteiger charge is 2.43. The van der Waals surface area contributed by atoms with E-state index in [-0.39, 0.29) is 113 Å². The number of thioether (sulfide) groups is 1. The van der Waals surface area contributed by atoms with Gasteiger partial charge < -0.3 is 79.9 Å². The second kappa shape index (κ2) is 32.6. The zero-order valence-electron chi connectivity index (χ0n) is 48.3. The topological polar surface area (TPSA) is 417 Å². The molecule has 17 N–H and O–H groups in total. The van der Waals surface area contributed by atoms with Gasteiger partial charge in [-0.1, -0.05) is 74.7 Å². The highest BCUT2D eigenvalue weighted by molar-refractivity contribution is 8.00. The van der Waals surface area contributed by atoms with Gasteiger partial charge in [-0.05, 0) is 62.1 Å². The number of urea groups is 1. The van der Waals surface area contributed by atoms with Gasteiger partial charge in [0.2, 0.25) is 53.2 Å². The van der Waals surface area contributed by atoms with Crippen molar-refractivity contribution in [2.45, 2.75) is 157 Å². The van der Waals surface area contributed by atoms with Crippen LogP contribution in [0.3, 0.4) is 0 Å². The summed E-state index contributed by atoms with van der Waals surface area (Å²) in [6, 6.07) is 7.71. The number of aromatic amines is 2. The van der Waals surface area contributed by atoms with Crippen LogP contribution in [0.25, 0.3) is 10.9 Å². The Hall–Kier alpha value is -8.69. The van der Waals surface area contributed by atoms with Gasteiger partial charge >= 0.3 is 6.03 Å². The fraction of sp³-hybridized carbons (Fsp3) is 0.517. The van der Waals surface area contributed by atoms with Gasteiger partial charge in [-0.15, -0.1) is 0 Å². The number of nitrogens with zero attached hydrogens (tertiary/aromatic N) is 3. The molecule has 7 rings (SSSR count). The number of amides is 11. The van der Waals surface area contributed by atoms with Gasteiger partial charge in [0.25, 0.3) is 0 Å². The smallest absolute Gasteiger partial charge is 0.315 e. The SMILES string of the molecule is CCCC[C@H](NC(=O)CCCC[C@@H]1SC[C@@H]2NC(=O)N[C@@H]21)C(=O)N[C@H]1CC(=O)NCCCCN(CC(N)=O)C(=O)[C@H](Cc2c[nH]c3ccccc23)NC(=O)[C@H](CCCN=C(N)N)NC(=O)[C@@H](Cc2ccccc2)NC(=O)[C@H](Cc2cnc[nH]2)NC1=O. The van der Waals surface area contributed by atoms with Crippen LogP contribution in [0.15, 0.2) is 78.3 Å². The Balaban J connectivity index is 1.17. The summed E-state index contributed by atoms with van der Waals surface area (Å²) < 4.78 is 0. The zero-order valence-corrected chi connectivity index (χ0v) is 49.1. The van der Waals surface area contributed by atoms with Gasteiger partial charge in [-0.3, -0.25) is 48.1 Å². The van der Waals surface area contributed by atoms with Crippen molar-refractivity contribution in [3.8, 4) is 0 Å². The molecule has 3 fully saturated rings. The van der Waals surface area contributed by atoms with Crippen LogP contribution < -0.4 is 65.1 Å². The summed E-state index contributed by atoms with van der Waals surface area (Å²) in [5.74, 6) is -6.10. The third-order valence-corrected chi connectivity index (χ3v) is 16.8. The van der Waals surface area contributed by atoms with E-state index < -0.39 is 96.5 Å². The number of hydrogen-bond donors (Lipinski definition) is 14. The summed E-state index contributed by atoms with van der Waals surface area (Å²) in [6.07, 6.45) is 7.62. The maximum absolute atomic E-state index is 14.9. The Morgan fingerprint density at radius 3 is 2.23 bits per heavy atom. The average Bonchev–Trinajstić information content (AvgIpc) is 3.07. The first kappa shape index (κ1) is 64.9. The number of rotatable bonds is 23. The average molecular weight is 1210 g/mol. The zero-order chi connectivity index (χ0) is 61.5. The number of carbonyl (C=O) groups is 10. The van der Waals surface area contributed by atoms with Gasteiger partial charge in [-0.2, -0.15) is 11.8 Å². The highest BCUT2D eigenvalue weighted by atomic mass is 32.2. The first-order valence-corrected chi connectivity index (χ1v) is 30.4. The third kappa shape index (κ3) is 19.7. The number of H-pyrrole nitrogens is 2. The molecule has 5 heterocycles. The van der Waals surface area contributed by atoms with Crippen molar-refractivity contribution < 1.29 is 47.9 Å². The van der Waals surface area contributed by atoms with E-state index in [0.29, 0.717) is 42.5 Å². The number of nitrogens with two attached hydrogens (primary N) is 3. The molecule has 4 aromatic rings. The molecule has 464 valence electrons. The molecule has 0 spiro atoms. The van der Waals surface area contributed by atoms with Crippen molar-refractivity contribution in [2.24, 2.45) is 22.2 Å². The quantitative estimate of drug-likeness (QED) is 0.0191. The molecule has 3 saturated heterocycles. The lowest BCUT2D eigenvalue weighted by atomic mass is 10.0. The second-order valence-electron chi connectivity index (χ2n) is 21.9. The number of hydrogen-bond acceptors (Lipinski definition) is 13. The number of nitrogens with one attached hydrogen (secondary N) is 11. The van der Waals surface area contributed by atoms with Crippen molar-refractivity contribution in [1.29, 1.82) is 0 Å². The summed E-state index contributed by atoms with van der Waals surface area (Å²) in [6.45, 7) is 1.43. The summed E-state index contributed by atoms with van der Waals surface area (Å²) in [5, 5.41) is 26.3. The minimum absolute atomic E-state index is 0.0193. The molecule has 0 radical (unpaired) electrons. The Bertz CT molecular complexity index is 3010. The largest absolute Gasteiger partial charge is 0.370 e. The molecule has 3 aliphatic heterocycles. The number of guanidine groups is 1. The highest BCUT2D eigenvalue weighted by Crippen LogP contribution is 2.33. The Morgan fingerprint density at radius 2 is 1.49 bits per heavy atom. The Labute approximate surface area is 502 Å². The number of benzene rings is 2. The molecule has 0 bridgehead atoms. The van der Waals surface area contributed by atoms with Crippen molar-refractivity contribution in [3.63, 3.8) is 0 Å². The minimum Gasteiger partial charge on any atom is -0.370 e. The van der Waals surface area contributed by atoms with Crippen LogP contribution in [-0.4, -0.2) is 171 Å². The number of primary amides is 1. The monoisotopic (exact) mass is 1210 g/mol. The van der Waals surface area contributed by atoms with Crippen LogP contribution in [0, 0.1) is 0 Å². The molecule has 86 heavy (non-hydrogen) atoms. The molecular weight excluding hydrogens is 1130 g/mol. The molecule has 0 unspecified atom stereocenters. The number of aromatic nitrogens is 3. The lowest BCUT2D eigenvalue weighted by molar-refractivity contribution is -0.139. The van der Waals surface area contributed by atoms with E-state index in [1.54, 1.807) is 48.3 Å².